The van der Waals surface area contributed by atoms with Crippen molar-refractivity contribution in [3.63, 3.8) is 0 Å². The van der Waals surface area contributed by atoms with Crippen LogP contribution < -0.4 is 0 Å². The first-order valence-electron chi connectivity index (χ1n) is 8.53. The molecule has 3 heterocycles. The van der Waals surface area contributed by atoms with Gasteiger partial charge in [0.1, 0.15) is 0 Å². The van der Waals surface area contributed by atoms with Gasteiger partial charge in [-0.25, -0.2) is 0 Å². The van der Waals surface area contributed by atoms with E-state index >= 15 is 0 Å². The lowest BCUT2D eigenvalue weighted by molar-refractivity contribution is -0.113. The Balaban J connectivity index is 1.65. The predicted octanol–water partition coefficient (Wildman–Crippen LogP) is 3.07. The summed E-state index contributed by atoms with van der Waals surface area (Å²) in [7, 11) is 0. The molecule has 25 heavy (non-hydrogen) atoms. The van der Waals surface area contributed by atoms with Gasteiger partial charge >= 0.3 is 0 Å². The van der Waals surface area contributed by atoms with Gasteiger partial charge in [0.2, 0.25) is 0 Å². The summed E-state index contributed by atoms with van der Waals surface area (Å²) in [6, 6.07) is 0.552. The predicted molar refractivity (Wildman–Crippen MR) is 99.2 cm³/mol. The van der Waals surface area contributed by atoms with E-state index in [2.05, 4.69) is 24.1 Å². The first-order chi connectivity index (χ1) is 12.3. The van der Waals surface area contributed by atoms with Crippen LogP contribution in [-0.2, 0) is 4.79 Å². The van der Waals surface area contributed by atoms with Crippen molar-refractivity contribution < 1.29 is 4.79 Å². The molecule has 2 aromatic heterocycles. The van der Waals surface area contributed by atoms with Gasteiger partial charge < -0.3 is 0 Å². The molecule has 0 aromatic carbocycles. The minimum Gasteiger partial charge on any atom is -0.292 e. The monoisotopic (exact) mass is 373 g/mol. The lowest BCUT2D eigenvalue weighted by atomic mass is 9.89. The van der Waals surface area contributed by atoms with Crippen LogP contribution in [0.4, 0.5) is 0 Å². The van der Waals surface area contributed by atoms with Crippen molar-refractivity contribution in [3.8, 4) is 0 Å². The molecule has 0 bridgehead atoms. The average molecular weight is 374 g/mol. The van der Waals surface area contributed by atoms with Gasteiger partial charge in [0.05, 0.1) is 11.4 Å². The van der Waals surface area contributed by atoms with Gasteiger partial charge in [0.15, 0.2) is 5.78 Å². The average Bonchev–Trinajstić information content (AvgIpc) is 3.33. The van der Waals surface area contributed by atoms with Crippen molar-refractivity contribution in [1.29, 1.82) is 0 Å². The van der Waals surface area contributed by atoms with Crippen molar-refractivity contribution in [1.82, 2.24) is 24.1 Å². The Labute approximate surface area is 154 Å². The number of piperidine rings is 1. The third-order valence-electron chi connectivity index (χ3n) is 4.82. The van der Waals surface area contributed by atoms with Crippen molar-refractivity contribution in [2.45, 2.75) is 38.1 Å². The smallest absolute Gasteiger partial charge is 0.187 e. The molecular formula is C17H19N5OS2. The number of aromatic nitrogens is 4. The van der Waals surface area contributed by atoms with Gasteiger partial charge in [-0.15, -0.1) is 10.2 Å². The molecule has 1 saturated heterocycles. The summed E-state index contributed by atoms with van der Waals surface area (Å²) in [5, 5.41) is 11.9. The minimum atomic E-state index is 0.0908. The van der Waals surface area contributed by atoms with E-state index in [1.165, 1.54) is 55.2 Å². The Morgan fingerprint density at radius 2 is 1.48 bits per heavy atom. The maximum atomic E-state index is 13.0. The van der Waals surface area contributed by atoms with E-state index in [1.807, 2.05) is 22.9 Å². The van der Waals surface area contributed by atoms with Crippen LogP contribution in [0.15, 0.2) is 21.9 Å². The van der Waals surface area contributed by atoms with Gasteiger partial charge in [0, 0.05) is 41.0 Å². The molecule has 130 valence electrons. The van der Waals surface area contributed by atoms with E-state index < -0.39 is 0 Å². The lowest BCUT2D eigenvalue weighted by Crippen LogP contribution is -2.44. The van der Waals surface area contributed by atoms with Crippen molar-refractivity contribution in [3.05, 3.63) is 33.3 Å². The van der Waals surface area contributed by atoms with Crippen molar-refractivity contribution in [2.24, 2.45) is 0 Å². The molecule has 8 heteroatoms. The highest BCUT2D eigenvalue weighted by molar-refractivity contribution is 7.03. The van der Waals surface area contributed by atoms with E-state index in [0.717, 1.165) is 22.5 Å². The fourth-order valence-electron chi connectivity index (χ4n) is 3.60. The summed E-state index contributed by atoms with van der Waals surface area (Å²) in [5.74, 6) is 0.0908. The summed E-state index contributed by atoms with van der Waals surface area (Å²) in [4.78, 5) is 15.4. The minimum absolute atomic E-state index is 0.0908. The molecule has 0 spiro atoms. The van der Waals surface area contributed by atoms with Crippen LogP contribution in [0.2, 0.25) is 0 Å². The van der Waals surface area contributed by atoms with Crippen molar-refractivity contribution >= 4 is 41.0 Å². The first-order valence-corrected chi connectivity index (χ1v) is 10.2. The summed E-state index contributed by atoms with van der Waals surface area (Å²) in [6.07, 6.45) is 10.1. The molecule has 0 amide bonds. The third-order valence-corrected chi connectivity index (χ3v) is 5.86. The highest BCUT2D eigenvalue weighted by Crippen LogP contribution is 2.29. The number of likely N-dealkylation sites (tertiary alicyclic amines) is 1. The van der Waals surface area contributed by atoms with Gasteiger partial charge in [-0.2, -0.15) is 0 Å². The summed E-state index contributed by atoms with van der Waals surface area (Å²) >= 11 is 2.60. The summed E-state index contributed by atoms with van der Waals surface area (Å²) < 4.78 is 7.78. The van der Waals surface area contributed by atoms with E-state index in [4.69, 9.17) is 0 Å². The Bertz CT molecular complexity index is 720. The molecule has 1 aliphatic carbocycles. The second-order valence-electron chi connectivity index (χ2n) is 6.52. The Morgan fingerprint density at radius 3 is 1.96 bits per heavy atom. The standard InChI is InChI=1S/C17H19N5OS2/c23-17-12(6-14-10-24-20-18-14)8-22(16-4-2-1-3-5-16)9-13(17)7-15-11-25-21-19-15/h6-7,10-11,16H,1-5,8-9H2/b12-6-,13-7-. The SMILES string of the molecule is O=C1/C(=C\c2csnn2)CN(C2CCCCC2)C/C1=C/c1csnn1. The number of hydrogen-bond donors (Lipinski definition) is 0. The summed E-state index contributed by atoms with van der Waals surface area (Å²) in [5.41, 5.74) is 3.10. The fourth-order valence-corrected chi connectivity index (χ4v) is 4.42. The molecule has 6 nitrogen and oxygen atoms in total. The molecule has 0 atom stereocenters. The van der Waals surface area contributed by atoms with E-state index in [0.29, 0.717) is 19.1 Å². The highest BCUT2D eigenvalue weighted by Gasteiger charge is 2.31. The number of ketones is 1. The van der Waals surface area contributed by atoms with Gasteiger partial charge in [-0.05, 0) is 48.1 Å². The number of hydrogen-bond acceptors (Lipinski definition) is 8. The molecular weight excluding hydrogens is 354 g/mol. The van der Waals surface area contributed by atoms with Crippen LogP contribution in [0.3, 0.4) is 0 Å². The Morgan fingerprint density at radius 1 is 0.920 bits per heavy atom. The molecule has 4 rings (SSSR count). The topological polar surface area (TPSA) is 71.9 Å². The van der Waals surface area contributed by atoms with Crippen LogP contribution in [0.1, 0.15) is 43.5 Å². The largest absolute Gasteiger partial charge is 0.292 e. The zero-order valence-electron chi connectivity index (χ0n) is 13.8. The lowest BCUT2D eigenvalue weighted by Gasteiger charge is -2.38. The van der Waals surface area contributed by atoms with E-state index in [9.17, 15) is 4.79 Å². The van der Waals surface area contributed by atoms with Gasteiger partial charge in [-0.1, -0.05) is 28.2 Å². The number of carbonyl (C=O) groups excluding carboxylic acids is 1. The molecule has 0 radical (unpaired) electrons. The maximum absolute atomic E-state index is 13.0. The molecule has 2 aromatic rings. The Kier molecular flexibility index (Phi) is 5.09. The third kappa shape index (κ3) is 3.91. The molecule has 2 fully saturated rings. The molecule has 0 unspecified atom stereocenters. The van der Waals surface area contributed by atoms with Crippen LogP contribution in [-0.4, -0.2) is 49.0 Å². The van der Waals surface area contributed by atoms with Crippen molar-refractivity contribution in [2.75, 3.05) is 13.1 Å². The number of nitrogens with zero attached hydrogens (tertiary/aromatic N) is 5. The summed E-state index contributed by atoms with van der Waals surface area (Å²) in [6.45, 7) is 1.38. The van der Waals surface area contributed by atoms with E-state index in [-0.39, 0.29) is 5.78 Å². The number of rotatable bonds is 3. The zero-order chi connectivity index (χ0) is 17.1. The van der Waals surface area contributed by atoms with Gasteiger partial charge in [-0.3, -0.25) is 9.69 Å². The molecule has 0 N–H and O–H groups in total. The maximum Gasteiger partial charge on any atom is 0.187 e. The molecule has 1 aliphatic heterocycles. The second kappa shape index (κ2) is 7.63. The normalized spacial score (nSPS) is 23.6. The van der Waals surface area contributed by atoms with Crippen LogP contribution in [0.25, 0.3) is 12.2 Å². The number of carbonyl (C=O) groups is 1. The first kappa shape index (κ1) is 16.7. The molecule has 2 aliphatic rings. The fraction of sp³-hybridized carbons (Fsp3) is 0.471. The highest BCUT2D eigenvalue weighted by atomic mass is 32.1. The van der Waals surface area contributed by atoms with Crippen LogP contribution >= 0.6 is 23.1 Å². The quantitative estimate of drug-likeness (QED) is 0.770. The molecule has 1 saturated carbocycles. The zero-order valence-corrected chi connectivity index (χ0v) is 15.4. The second-order valence-corrected chi connectivity index (χ2v) is 7.74. The Hall–Kier alpha value is -1.77. The van der Waals surface area contributed by atoms with Gasteiger partial charge in [0.25, 0.3) is 0 Å². The van der Waals surface area contributed by atoms with Crippen LogP contribution in [0.5, 0.6) is 0 Å². The van der Waals surface area contributed by atoms with Crippen LogP contribution in [0, 0.1) is 0 Å². The van der Waals surface area contributed by atoms with E-state index in [1.54, 1.807) is 0 Å². The number of Topliss-reactive ketones (excluding diaryl/α,β-unsaturated/α-hetero) is 1.